The van der Waals surface area contributed by atoms with Crippen molar-refractivity contribution in [1.29, 1.82) is 0 Å². The summed E-state index contributed by atoms with van der Waals surface area (Å²) in [5, 5.41) is 4.11. The largest absolute Gasteiger partial charge is 0.311 e. The minimum atomic E-state index is 0.150. The molecule has 2 aliphatic rings. The molecule has 2 fully saturated rings. The Morgan fingerprint density at radius 2 is 2.23 bits per heavy atom. The van der Waals surface area contributed by atoms with E-state index in [0.717, 1.165) is 44.0 Å². The van der Waals surface area contributed by atoms with E-state index in [4.69, 9.17) is 0 Å². The number of likely N-dealkylation sites (tertiary alicyclic amines) is 1. The van der Waals surface area contributed by atoms with Gasteiger partial charge >= 0.3 is 0 Å². The van der Waals surface area contributed by atoms with E-state index in [2.05, 4.69) is 21.3 Å². The fraction of sp³-hybridized carbons (Fsp3) is 0.412. The second-order valence-electron chi connectivity index (χ2n) is 6.14. The van der Waals surface area contributed by atoms with E-state index in [-0.39, 0.29) is 5.92 Å². The third-order valence-corrected chi connectivity index (χ3v) is 5.42. The van der Waals surface area contributed by atoms with E-state index in [9.17, 15) is 4.79 Å². The fourth-order valence-corrected chi connectivity index (χ4v) is 4.30. The summed E-state index contributed by atoms with van der Waals surface area (Å²) in [6.45, 7) is 3.58. The third-order valence-electron chi connectivity index (χ3n) is 4.75. The number of nitrogens with zero attached hydrogens (tertiary/aromatic N) is 3. The van der Waals surface area contributed by atoms with Crippen LogP contribution in [0, 0.1) is 11.8 Å². The van der Waals surface area contributed by atoms with Crippen LogP contribution in [-0.2, 0) is 11.3 Å². The molecule has 4 rings (SSSR count). The number of fused-ring (bicyclic) bond motifs is 1. The molecule has 2 saturated heterocycles. The van der Waals surface area contributed by atoms with E-state index >= 15 is 0 Å². The number of rotatable bonds is 3. The van der Waals surface area contributed by atoms with Crippen LogP contribution in [0.2, 0.25) is 0 Å². The highest BCUT2D eigenvalue weighted by atomic mass is 32.1. The molecule has 2 atom stereocenters. The summed E-state index contributed by atoms with van der Waals surface area (Å²) in [5.74, 6) is 0.960. The minimum Gasteiger partial charge on any atom is -0.311 e. The average molecular weight is 313 g/mol. The molecule has 0 bridgehead atoms. The van der Waals surface area contributed by atoms with Crippen molar-refractivity contribution in [2.75, 3.05) is 24.5 Å². The van der Waals surface area contributed by atoms with E-state index in [0.29, 0.717) is 11.8 Å². The van der Waals surface area contributed by atoms with Crippen LogP contribution in [0.3, 0.4) is 0 Å². The normalized spacial score (nSPS) is 25.5. The second kappa shape index (κ2) is 5.82. The minimum absolute atomic E-state index is 0.150. The number of piperidine rings is 1. The van der Waals surface area contributed by atoms with E-state index in [1.807, 2.05) is 34.7 Å². The summed E-state index contributed by atoms with van der Waals surface area (Å²) >= 11 is 1.65. The molecular formula is C17H19N3OS. The molecule has 2 aliphatic heterocycles. The Labute approximate surface area is 134 Å². The summed E-state index contributed by atoms with van der Waals surface area (Å²) in [5.41, 5.74) is 2.15. The van der Waals surface area contributed by atoms with Crippen molar-refractivity contribution in [2.24, 2.45) is 11.8 Å². The van der Waals surface area contributed by atoms with Crippen LogP contribution in [0.25, 0.3) is 0 Å². The molecule has 1 amide bonds. The predicted octanol–water partition coefficient (Wildman–Crippen LogP) is 2.63. The Morgan fingerprint density at radius 1 is 1.27 bits per heavy atom. The van der Waals surface area contributed by atoms with Gasteiger partial charge in [-0.2, -0.15) is 11.3 Å². The van der Waals surface area contributed by atoms with E-state index in [1.165, 1.54) is 0 Å². The summed E-state index contributed by atoms with van der Waals surface area (Å²) < 4.78 is 0. The molecule has 0 aromatic carbocycles. The first-order chi connectivity index (χ1) is 10.8. The van der Waals surface area contributed by atoms with Crippen LogP contribution in [0.15, 0.2) is 41.2 Å². The maximum atomic E-state index is 12.8. The van der Waals surface area contributed by atoms with Crippen LogP contribution in [0.1, 0.15) is 12.1 Å². The molecule has 0 saturated carbocycles. The highest BCUT2D eigenvalue weighted by Gasteiger charge is 2.43. The molecule has 4 nitrogen and oxygen atoms in total. The maximum Gasteiger partial charge on any atom is 0.231 e. The van der Waals surface area contributed by atoms with E-state index in [1.54, 1.807) is 11.3 Å². The number of anilines is 1. The maximum absolute atomic E-state index is 12.8. The van der Waals surface area contributed by atoms with Gasteiger partial charge in [0.05, 0.1) is 17.3 Å². The van der Waals surface area contributed by atoms with Gasteiger partial charge < -0.3 is 4.90 Å². The molecular weight excluding hydrogens is 294 g/mol. The molecule has 0 aliphatic carbocycles. The van der Waals surface area contributed by atoms with E-state index < -0.39 is 0 Å². The van der Waals surface area contributed by atoms with Crippen molar-refractivity contribution in [3.63, 3.8) is 0 Å². The molecule has 5 heteroatoms. The van der Waals surface area contributed by atoms with Gasteiger partial charge in [0.25, 0.3) is 0 Å². The van der Waals surface area contributed by atoms with Crippen molar-refractivity contribution >= 4 is 22.9 Å². The van der Waals surface area contributed by atoms with Gasteiger partial charge in [-0.05, 0) is 35.9 Å². The van der Waals surface area contributed by atoms with Gasteiger partial charge in [0.15, 0.2) is 0 Å². The average Bonchev–Trinajstić information content (AvgIpc) is 3.18. The standard InChI is InChI=1S/C17H19N3OS/c21-17-16-11-19(10-14-3-1-2-6-18-14)9-13(16)4-7-20(17)15-5-8-22-12-15/h1-3,5-6,8,12-13,16H,4,7,9-11H2. The first kappa shape index (κ1) is 13.9. The Morgan fingerprint density at radius 3 is 3.00 bits per heavy atom. The first-order valence-electron chi connectivity index (χ1n) is 7.77. The first-order valence-corrected chi connectivity index (χ1v) is 8.71. The Balaban J connectivity index is 1.46. The van der Waals surface area contributed by atoms with Crippen molar-refractivity contribution < 1.29 is 4.79 Å². The topological polar surface area (TPSA) is 36.4 Å². The highest BCUT2D eigenvalue weighted by Crippen LogP contribution is 2.35. The molecule has 0 N–H and O–H groups in total. The summed E-state index contributed by atoms with van der Waals surface area (Å²) in [4.78, 5) is 21.5. The number of hydrogen-bond acceptors (Lipinski definition) is 4. The van der Waals surface area contributed by atoms with Gasteiger partial charge in [0.1, 0.15) is 0 Å². The van der Waals surface area contributed by atoms with Gasteiger partial charge in [-0.25, -0.2) is 0 Å². The lowest BCUT2D eigenvalue weighted by Crippen LogP contribution is -2.45. The van der Waals surface area contributed by atoms with Gasteiger partial charge in [0, 0.05) is 37.8 Å². The highest BCUT2D eigenvalue weighted by molar-refractivity contribution is 7.08. The zero-order valence-electron chi connectivity index (χ0n) is 12.4. The second-order valence-corrected chi connectivity index (χ2v) is 6.92. The van der Waals surface area contributed by atoms with Gasteiger partial charge in [-0.15, -0.1) is 0 Å². The zero-order valence-corrected chi connectivity index (χ0v) is 13.2. The van der Waals surface area contributed by atoms with Gasteiger partial charge in [0.2, 0.25) is 5.91 Å². The summed E-state index contributed by atoms with van der Waals surface area (Å²) in [7, 11) is 0. The van der Waals surface area contributed by atoms with Crippen molar-refractivity contribution in [2.45, 2.75) is 13.0 Å². The lowest BCUT2D eigenvalue weighted by atomic mass is 9.88. The monoisotopic (exact) mass is 313 g/mol. The smallest absolute Gasteiger partial charge is 0.231 e. The number of aromatic nitrogens is 1. The van der Waals surface area contributed by atoms with Crippen LogP contribution >= 0.6 is 11.3 Å². The van der Waals surface area contributed by atoms with Gasteiger partial charge in [-0.3, -0.25) is 14.7 Å². The molecule has 0 spiro atoms. The van der Waals surface area contributed by atoms with Crippen molar-refractivity contribution in [1.82, 2.24) is 9.88 Å². The third kappa shape index (κ3) is 2.55. The SMILES string of the molecule is O=C1C2CN(Cc3ccccn3)CC2CCN1c1ccsc1. The zero-order chi connectivity index (χ0) is 14.9. The van der Waals surface area contributed by atoms with Gasteiger partial charge in [-0.1, -0.05) is 6.07 Å². The molecule has 0 radical (unpaired) electrons. The lowest BCUT2D eigenvalue weighted by Gasteiger charge is -2.33. The number of hydrogen-bond donors (Lipinski definition) is 0. The van der Waals surface area contributed by atoms with Crippen molar-refractivity contribution in [3.05, 3.63) is 46.9 Å². The Hall–Kier alpha value is -1.72. The quantitative estimate of drug-likeness (QED) is 0.874. The van der Waals surface area contributed by atoms with Crippen LogP contribution in [-0.4, -0.2) is 35.4 Å². The Bertz CT molecular complexity index is 643. The molecule has 4 heterocycles. The lowest BCUT2D eigenvalue weighted by molar-refractivity contribution is -0.124. The van der Waals surface area contributed by atoms with Crippen LogP contribution in [0.5, 0.6) is 0 Å². The fourth-order valence-electron chi connectivity index (χ4n) is 3.66. The molecule has 2 unspecified atom stereocenters. The molecule has 114 valence electrons. The number of pyridine rings is 1. The Kier molecular flexibility index (Phi) is 3.68. The molecule has 2 aromatic rings. The number of carbonyl (C=O) groups excluding carboxylic acids is 1. The van der Waals surface area contributed by atoms with Crippen LogP contribution < -0.4 is 4.90 Å². The van der Waals surface area contributed by atoms with Crippen molar-refractivity contribution in [3.8, 4) is 0 Å². The number of thiophene rings is 1. The summed E-state index contributed by atoms with van der Waals surface area (Å²) in [6.07, 6.45) is 2.94. The molecule has 22 heavy (non-hydrogen) atoms. The van der Waals surface area contributed by atoms with Crippen LogP contribution in [0.4, 0.5) is 5.69 Å². The molecule has 2 aromatic heterocycles. The predicted molar refractivity (Wildman–Crippen MR) is 87.8 cm³/mol. The summed E-state index contributed by atoms with van der Waals surface area (Å²) in [6, 6.07) is 8.06. The number of carbonyl (C=O) groups is 1. The number of amides is 1.